The Morgan fingerprint density at radius 2 is 2.31 bits per heavy atom. The van der Waals surface area contributed by atoms with Gasteiger partial charge in [0.05, 0.1) is 13.1 Å². The molecule has 0 amide bonds. The van der Waals surface area contributed by atoms with Crippen LogP contribution in [-0.2, 0) is 0 Å². The minimum atomic E-state index is -1.26. The van der Waals surface area contributed by atoms with E-state index in [2.05, 4.69) is 15.5 Å². The number of hydrogen-bond donors (Lipinski definition) is 0. The van der Waals surface area contributed by atoms with Crippen LogP contribution in [0.15, 0.2) is 24.5 Å². The van der Waals surface area contributed by atoms with Gasteiger partial charge in [-0.25, -0.2) is 0 Å². The summed E-state index contributed by atoms with van der Waals surface area (Å²) in [4.78, 5) is 10.7. The molecule has 2 aromatic rings. The molecule has 0 bridgehead atoms. The number of carboxylic acids is 1. The number of benzene rings is 1. The van der Waals surface area contributed by atoms with Crippen molar-refractivity contribution in [3.05, 3.63) is 30.1 Å². The third-order valence-corrected chi connectivity index (χ3v) is 2.01. The van der Waals surface area contributed by atoms with Gasteiger partial charge in [0.15, 0.2) is 0 Å². The highest BCUT2D eigenvalue weighted by molar-refractivity contribution is 5.86. The normalized spacial score (nSPS) is 10.1. The third kappa shape index (κ3) is 1.70. The molecule has 0 N–H and O–H groups in total. The van der Waals surface area contributed by atoms with Crippen molar-refractivity contribution in [3.63, 3.8) is 0 Å². The van der Waals surface area contributed by atoms with Gasteiger partial charge >= 0.3 is 0 Å². The Labute approximate surface area is 90.3 Å². The number of aromatic nitrogens is 4. The quantitative estimate of drug-likeness (QED) is 0.659. The molecule has 7 heteroatoms. The molecule has 82 valence electrons. The maximum Gasteiger partial charge on any atom is 0.145 e. The average molecular weight is 219 g/mol. The van der Waals surface area contributed by atoms with Gasteiger partial charge in [-0.3, -0.25) is 0 Å². The molecule has 0 fully saturated rings. The van der Waals surface area contributed by atoms with E-state index in [0.29, 0.717) is 11.4 Å². The molecule has 2 rings (SSSR count). The summed E-state index contributed by atoms with van der Waals surface area (Å²) in [5.41, 5.74) is 0.589. The van der Waals surface area contributed by atoms with Crippen molar-refractivity contribution in [2.75, 3.05) is 7.11 Å². The SMILES string of the molecule is COc1cc(C(=O)[O-])ccc1-n1cnnn1. The molecule has 1 aromatic heterocycles. The highest BCUT2D eigenvalue weighted by atomic mass is 16.5. The van der Waals surface area contributed by atoms with E-state index in [1.54, 1.807) is 6.07 Å². The maximum atomic E-state index is 10.7. The van der Waals surface area contributed by atoms with Crippen molar-refractivity contribution >= 4 is 5.97 Å². The Bertz CT molecular complexity index is 509. The second kappa shape index (κ2) is 3.97. The number of carbonyl (C=O) groups excluding carboxylic acids is 1. The minimum Gasteiger partial charge on any atom is -0.545 e. The lowest BCUT2D eigenvalue weighted by Gasteiger charge is -2.09. The fourth-order valence-corrected chi connectivity index (χ4v) is 1.27. The van der Waals surface area contributed by atoms with Crippen LogP contribution in [0.3, 0.4) is 0 Å². The van der Waals surface area contributed by atoms with Crippen molar-refractivity contribution in [1.29, 1.82) is 0 Å². The summed E-state index contributed by atoms with van der Waals surface area (Å²) in [6, 6.07) is 4.29. The van der Waals surface area contributed by atoms with Crippen LogP contribution < -0.4 is 9.84 Å². The first-order valence-corrected chi connectivity index (χ1v) is 4.35. The highest BCUT2D eigenvalue weighted by Gasteiger charge is 2.07. The van der Waals surface area contributed by atoms with Crippen molar-refractivity contribution < 1.29 is 14.6 Å². The molecular weight excluding hydrogens is 212 g/mol. The number of methoxy groups -OCH3 is 1. The third-order valence-electron chi connectivity index (χ3n) is 2.01. The second-order valence-corrected chi connectivity index (χ2v) is 2.93. The monoisotopic (exact) mass is 219 g/mol. The molecule has 0 spiro atoms. The number of aromatic carboxylic acids is 1. The van der Waals surface area contributed by atoms with Crippen LogP contribution in [0, 0.1) is 0 Å². The van der Waals surface area contributed by atoms with E-state index < -0.39 is 5.97 Å². The molecule has 0 saturated carbocycles. The van der Waals surface area contributed by atoms with Crippen molar-refractivity contribution in [2.24, 2.45) is 0 Å². The first kappa shape index (κ1) is 10.1. The van der Waals surface area contributed by atoms with Gasteiger partial charge in [0.2, 0.25) is 0 Å². The Balaban J connectivity index is 2.51. The second-order valence-electron chi connectivity index (χ2n) is 2.93. The summed E-state index contributed by atoms with van der Waals surface area (Å²) in [5, 5.41) is 21.3. The molecule has 0 saturated heterocycles. The first-order chi connectivity index (χ1) is 7.72. The highest BCUT2D eigenvalue weighted by Crippen LogP contribution is 2.22. The summed E-state index contributed by atoms with van der Waals surface area (Å²) in [5.74, 6) is -0.907. The van der Waals surface area contributed by atoms with E-state index >= 15 is 0 Å². The molecule has 0 aliphatic heterocycles. The minimum absolute atomic E-state index is 0.0358. The van der Waals surface area contributed by atoms with E-state index in [4.69, 9.17) is 4.74 Å². The van der Waals surface area contributed by atoms with Crippen LogP contribution in [0.2, 0.25) is 0 Å². The first-order valence-electron chi connectivity index (χ1n) is 4.35. The zero-order chi connectivity index (χ0) is 11.5. The number of carbonyl (C=O) groups is 1. The van der Waals surface area contributed by atoms with Crippen LogP contribution in [-0.4, -0.2) is 33.3 Å². The van der Waals surface area contributed by atoms with E-state index in [1.807, 2.05) is 0 Å². The van der Waals surface area contributed by atoms with Gasteiger partial charge in [-0.2, -0.15) is 4.68 Å². The van der Waals surface area contributed by atoms with E-state index in [0.717, 1.165) is 0 Å². The molecule has 1 heterocycles. The van der Waals surface area contributed by atoms with E-state index in [1.165, 1.54) is 30.3 Å². The Morgan fingerprint density at radius 3 is 2.88 bits per heavy atom. The van der Waals surface area contributed by atoms with Gasteiger partial charge in [0.25, 0.3) is 0 Å². The summed E-state index contributed by atoms with van der Waals surface area (Å²) in [6.45, 7) is 0. The van der Waals surface area contributed by atoms with E-state index in [-0.39, 0.29) is 5.56 Å². The molecule has 7 nitrogen and oxygen atoms in total. The molecule has 0 unspecified atom stereocenters. The molecule has 16 heavy (non-hydrogen) atoms. The fraction of sp³-hybridized carbons (Fsp3) is 0.111. The number of ether oxygens (including phenoxy) is 1. The smallest absolute Gasteiger partial charge is 0.145 e. The number of nitrogens with zero attached hydrogens (tertiary/aromatic N) is 4. The zero-order valence-corrected chi connectivity index (χ0v) is 8.32. The molecule has 0 radical (unpaired) electrons. The lowest BCUT2D eigenvalue weighted by atomic mass is 10.2. The summed E-state index contributed by atoms with van der Waals surface area (Å²) in [6.07, 6.45) is 1.39. The van der Waals surface area contributed by atoms with Crippen LogP contribution in [0.1, 0.15) is 10.4 Å². The number of rotatable bonds is 3. The summed E-state index contributed by atoms with van der Waals surface area (Å²) >= 11 is 0. The number of tetrazole rings is 1. The predicted octanol–water partition coefficient (Wildman–Crippen LogP) is -0.966. The van der Waals surface area contributed by atoms with Crippen LogP contribution >= 0.6 is 0 Å². The van der Waals surface area contributed by atoms with Gasteiger partial charge in [-0.15, -0.1) is 5.10 Å². The van der Waals surface area contributed by atoms with Gasteiger partial charge in [0.1, 0.15) is 17.8 Å². The van der Waals surface area contributed by atoms with Crippen molar-refractivity contribution in [3.8, 4) is 11.4 Å². The molecule has 0 aliphatic carbocycles. The van der Waals surface area contributed by atoms with Crippen LogP contribution in [0.5, 0.6) is 5.75 Å². The fourth-order valence-electron chi connectivity index (χ4n) is 1.27. The summed E-state index contributed by atoms with van der Waals surface area (Å²) < 4.78 is 6.43. The molecule has 1 aromatic carbocycles. The van der Waals surface area contributed by atoms with E-state index in [9.17, 15) is 9.90 Å². The molecule has 0 atom stereocenters. The topological polar surface area (TPSA) is 93.0 Å². The van der Waals surface area contributed by atoms with Gasteiger partial charge in [-0.05, 0) is 22.6 Å². The number of carboxylic acid groups (broad SMARTS) is 1. The standard InChI is InChI=1S/C9H8N4O3/c1-16-8-4-6(9(14)15)2-3-7(8)13-5-10-11-12-13/h2-5H,1H3,(H,14,15)/p-1. The lowest BCUT2D eigenvalue weighted by Crippen LogP contribution is -2.22. The number of hydrogen-bond acceptors (Lipinski definition) is 6. The maximum absolute atomic E-state index is 10.7. The van der Waals surface area contributed by atoms with Crippen LogP contribution in [0.4, 0.5) is 0 Å². The molecule has 0 aliphatic rings. The van der Waals surface area contributed by atoms with Crippen molar-refractivity contribution in [2.45, 2.75) is 0 Å². The van der Waals surface area contributed by atoms with Crippen LogP contribution in [0.25, 0.3) is 5.69 Å². The largest absolute Gasteiger partial charge is 0.545 e. The summed E-state index contributed by atoms with van der Waals surface area (Å²) in [7, 11) is 1.43. The zero-order valence-electron chi connectivity index (χ0n) is 8.32. The van der Waals surface area contributed by atoms with Crippen molar-refractivity contribution in [1.82, 2.24) is 20.2 Å². The van der Waals surface area contributed by atoms with Gasteiger partial charge in [0, 0.05) is 5.56 Å². The molecular formula is C9H7N4O3-. The van der Waals surface area contributed by atoms with Gasteiger partial charge in [-0.1, -0.05) is 6.07 Å². The average Bonchev–Trinajstić information content (AvgIpc) is 2.81. The lowest BCUT2D eigenvalue weighted by molar-refractivity contribution is -0.255. The Kier molecular flexibility index (Phi) is 2.50. The Morgan fingerprint density at radius 1 is 1.50 bits per heavy atom. The predicted molar refractivity (Wildman–Crippen MR) is 50.0 cm³/mol. The Hall–Kier alpha value is -2.44. The van der Waals surface area contributed by atoms with Gasteiger partial charge < -0.3 is 14.6 Å².